The van der Waals surface area contributed by atoms with Crippen LogP contribution in [0.3, 0.4) is 0 Å². The molecule has 0 fully saturated rings. The Morgan fingerprint density at radius 2 is 1.84 bits per heavy atom. The summed E-state index contributed by atoms with van der Waals surface area (Å²) in [4.78, 5) is 26.3. The first-order valence-electron chi connectivity index (χ1n) is 9.87. The van der Waals surface area contributed by atoms with Crippen molar-refractivity contribution in [2.24, 2.45) is 0 Å². The number of nitrogens with one attached hydrogen (secondary N) is 1. The van der Waals surface area contributed by atoms with Crippen molar-refractivity contribution in [1.82, 2.24) is 5.32 Å². The quantitative estimate of drug-likeness (QED) is 0.692. The minimum Gasteiger partial charge on any atom is -0.493 e. The fourth-order valence-corrected chi connectivity index (χ4v) is 4.48. The van der Waals surface area contributed by atoms with E-state index in [1.165, 1.54) is 14.2 Å². The van der Waals surface area contributed by atoms with Crippen molar-refractivity contribution in [3.8, 4) is 11.5 Å². The Morgan fingerprint density at radius 1 is 1.13 bits per heavy atom. The lowest BCUT2D eigenvalue weighted by Gasteiger charge is -2.30. The van der Waals surface area contributed by atoms with Crippen molar-refractivity contribution in [3.05, 3.63) is 75.0 Å². The van der Waals surface area contributed by atoms with Gasteiger partial charge in [-0.2, -0.15) is 0 Å². The van der Waals surface area contributed by atoms with E-state index in [4.69, 9.17) is 25.8 Å². The van der Waals surface area contributed by atoms with Crippen LogP contribution in [0.25, 0.3) is 5.70 Å². The zero-order chi connectivity index (χ0) is 22.3. The van der Waals surface area contributed by atoms with Crippen LogP contribution in [0.5, 0.6) is 11.5 Å². The molecule has 0 saturated heterocycles. The zero-order valence-electron chi connectivity index (χ0n) is 17.7. The minimum absolute atomic E-state index is 0.152. The maximum Gasteiger partial charge on any atom is 0.336 e. The van der Waals surface area contributed by atoms with Gasteiger partial charge >= 0.3 is 5.97 Å². The number of allylic oxidation sites excluding steroid dienone is 2. The van der Waals surface area contributed by atoms with Gasteiger partial charge in [0.1, 0.15) is 0 Å². The fraction of sp³-hybridized carbons (Fsp3) is 0.250. The van der Waals surface area contributed by atoms with Crippen LogP contribution in [0, 0.1) is 0 Å². The Morgan fingerprint density at radius 3 is 2.48 bits per heavy atom. The second kappa shape index (κ2) is 8.12. The number of carbonyl (C=O) groups is 2. The van der Waals surface area contributed by atoms with E-state index >= 15 is 0 Å². The summed E-state index contributed by atoms with van der Waals surface area (Å²) in [6.45, 7) is 4.09. The zero-order valence-corrected chi connectivity index (χ0v) is 18.4. The number of dihydropyridines is 1. The van der Waals surface area contributed by atoms with Gasteiger partial charge in [-0.25, -0.2) is 4.79 Å². The molecule has 1 N–H and O–H groups in total. The molecule has 0 unspecified atom stereocenters. The van der Waals surface area contributed by atoms with Crippen molar-refractivity contribution in [2.75, 3.05) is 20.8 Å². The summed E-state index contributed by atoms with van der Waals surface area (Å²) in [5.41, 5.74) is 4.01. The molecule has 2 aromatic carbocycles. The monoisotopic (exact) mass is 439 g/mol. The molecule has 2 aliphatic rings. The lowest BCUT2D eigenvalue weighted by atomic mass is 9.79. The van der Waals surface area contributed by atoms with Crippen LogP contribution >= 0.6 is 11.6 Å². The van der Waals surface area contributed by atoms with Gasteiger partial charge < -0.3 is 19.5 Å². The number of fused-ring (bicyclic) bond motifs is 2. The third-order valence-corrected chi connectivity index (χ3v) is 5.88. The molecule has 6 nitrogen and oxygen atoms in total. The molecular weight excluding hydrogens is 418 g/mol. The molecule has 0 amide bonds. The molecule has 0 bridgehead atoms. The number of methoxy groups -OCH3 is 2. The SMILES string of the molecule is CCOc1cc(Cl)c([C@@H]2C(C(=O)OC)=C(C)NC3=C2C(=O)c2ccccc23)cc1OC. The van der Waals surface area contributed by atoms with Crippen LogP contribution in [0.2, 0.25) is 5.02 Å². The summed E-state index contributed by atoms with van der Waals surface area (Å²) in [5, 5.41) is 3.61. The number of ether oxygens (including phenoxy) is 3. The van der Waals surface area contributed by atoms with Gasteiger partial charge in [-0.05, 0) is 25.5 Å². The van der Waals surface area contributed by atoms with Crippen LogP contribution in [0.15, 0.2) is 53.2 Å². The van der Waals surface area contributed by atoms with E-state index in [0.29, 0.717) is 56.8 Å². The van der Waals surface area contributed by atoms with Gasteiger partial charge in [-0.1, -0.05) is 35.9 Å². The van der Waals surface area contributed by atoms with Crippen molar-refractivity contribution in [3.63, 3.8) is 0 Å². The third-order valence-electron chi connectivity index (χ3n) is 5.55. The summed E-state index contributed by atoms with van der Waals surface area (Å²) in [7, 11) is 2.84. The Balaban J connectivity index is 1.98. The number of halogens is 1. The lowest BCUT2D eigenvalue weighted by molar-refractivity contribution is -0.136. The average molecular weight is 440 g/mol. The van der Waals surface area contributed by atoms with E-state index < -0.39 is 11.9 Å². The van der Waals surface area contributed by atoms with Crippen LogP contribution in [0.4, 0.5) is 0 Å². The molecule has 1 atom stereocenters. The van der Waals surface area contributed by atoms with E-state index in [1.54, 1.807) is 25.1 Å². The molecule has 1 heterocycles. The third kappa shape index (κ3) is 3.27. The lowest BCUT2D eigenvalue weighted by Crippen LogP contribution is -2.29. The topological polar surface area (TPSA) is 73.9 Å². The standard InChI is InChI=1S/C24H22ClNO5/c1-5-31-18-11-16(25)15(10-17(18)29-3)20-19(24(28)30-4)12(2)26-22-13-8-6-7-9-14(13)23(27)21(20)22/h6-11,20,26H,5H2,1-4H3/t20-/m1/s1. The maximum absolute atomic E-state index is 13.4. The highest BCUT2D eigenvalue weighted by atomic mass is 35.5. The number of carbonyl (C=O) groups excluding carboxylic acids is 2. The number of rotatable bonds is 5. The number of ketones is 1. The number of hydrogen-bond donors (Lipinski definition) is 1. The van der Waals surface area contributed by atoms with Crippen molar-refractivity contribution < 1.29 is 23.8 Å². The van der Waals surface area contributed by atoms with Crippen molar-refractivity contribution in [1.29, 1.82) is 0 Å². The van der Waals surface area contributed by atoms with Gasteiger partial charge in [0.05, 0.1) is 38.0 Å². The van der Waals surface area contributed by atoms with Crippen molar-refractivity contribution >= 4 is 29.1 Å². The van der Waals surface area contributed by atoms with Crippen LogP contribution in [-0.4, -0.2) is 32.6 Å². The summed E-state index contributed by atoms with van der Waals surface area (Å²) in [6.07, 6.45) is 0. The molecule has 160 valence electrons. The average Bonchev–Trinajstić information content (AvgIpc) is 3.05. The highest BCUT2D eigenvalue weighted by molar-refractivity contribution is 6.32. The van der Waals surface area contributed by atoms with E-state index in [0.717, 1.165) is 5.56 Å². The van der Waals surface area contributed by atoms with Crippen LogP contribution < -0.4 is 14.8 Å². The first kappa shape index (κ1) is 21.0. The molecule has 1 aliphatic carbocycles. The Kier molecular flexibility index (Phi) is 5.50. The summed E-state index contributed by atoms with van der Waals surface area (Å²) >= 11 is 6.67. The molecule has 4 rings (SSSR count). The highest BCUT2D eigenvalue weighted by Gasteiger charge is 2.43. The molecule has 7 heteroatoms. The maximum atomic E-state index is 13.4. The first-order chi connectivity index (χ1) is 14.9. The smallest absolute Gasteiger partial charge is 0.336 e. The predicted molar refractivity (Wildman–Crippen MR) is 117 cm³/mol. The first-order valence-corrected chi connectivity index (χ1v) is 10.2. The van der Waals surface area contributed by atoms with E-state index in [9.17, 15) is 9.59 Å². The number of esters is 1. The van der Waals surface area contributed by atoms with E-state index in [-0.39, 0.29) is 5.78 Å². The summed E-state index contributed by atoms with van der Waals surface area (Å²) in [6, 6.07) is 10.7. The molecule has 2 aromatic rings. The van der Waals surface area contributed by atoms with Gasteiger partial charge in [0, 0.05) is 33.5 Å². The van der Waals surface area contributed by atoms with Crippen LogP contribution in [0.1, 0.15) is 41.3 Å². The van der Waals surface area contributed by atoms with Crippen LogP contribution in [-0.2, 0) is 9.53 Å². The van der Waals surface area contributed by atoms with Gasteiger partial charge in [0.2, 0.25) is 0 Å². The molecule has 0 spiro atoms. The second-order valence-corrected chi connectivity index (χ2v) is 7.62. The number of hydrogen-bond acceptors (Lipinski definition) is 6. The Bertz CT molecular complexity index is 1160. The fourth-order valence-electron chi connectivity index (χ4n) is 4.22. The summed E-state index contributed by atoms with van der Waals surface area (Å²) < 4.78 is 16.2. The van der Waals surface area contributed by atoms with E-state index in [1.807, 2.05) is 25.1 Å². The molecule has 1 aliphatic heterocycles. The van der Waals surface area contributed by atoms with Crippen molar-refractivity contribution in [2.45, 2.75) is 19.8 Å². The van der Waals surface area contributed by atoms with Gasteiger partial charge in [0.15, 0.2) is 17.3 Å². The normalized spacial score (nSPS) is 17.2. The van der Waals surface area contributed by atoms with Gasteiger partial charge in [-0.15, -0.1) is 0 Å². The Hall–Kier alpha value is -3.25. The van der Waals surface area contributed by atoms with E-state index in [2.05, 4.69) is 5.32 Å². The van der Waals surface area contributed by atoms with Gasteiger partial charge in [-0.3, -0.25) is 4.79 Å². The molecule has 0 radical (unpaired) electrons. The number of benzene rings is 2. The summed E-state index contributed by atoms with van der Waals surface area (Å²) in [5.74, 6) is -0.453. The molecule has 0 saturated carbocycles. The molecule has 31 heavy (non-hydrogen) atoms. The van der Waals surface area contributed by atoms with Gasteiger partial charge in [0.25, 0.3) is 0 Å². The molecule has 0 aromatic heterocycles. The minimum atomic E-state index is -0.722. The second-order valence-electron chi connectivity index (χ2n) is 7.21. The number of Topliss-reactive ketones (excluding diaryl/α,β-unsaturated/α-hetero) is 1. The largest absolute Gasteiger partial charge is 0.493 e. The highest BCUT2D eigenvalue weighted by Crippen LogP contribution is 2.49. The Labute approximate surface area is 185 Å². The molecular formula is C24H22ClNO5. The predicted octanol–water partition coefficient (Wildman–Crippen LogP) is 4.49.